The summed E-state index contributed by atoms with van der Waals surface area (Å²) < 4.78 is 6.92. The maximum absolute atomic E-state index is 5.90. The SMILES string of the molecule is CCNCc1ccc(Oc2cc(Br)ccc2C)cc1. The maximum Gasteiger partial charge on any atom is 0.131 e. The minimum atomic E-state index is 0.862. The number of aryl methyl sites for hydroxylation is 1. The van der Waals surface area contributed by atoms with E-state index in [1.165, 1.54) is 5.56 Å². The van der Waals surface area contributed by atoms with E-state index < -0.39 is 0 Å². The number of nitrogens with one attached hydrogen (secondary N) is 1. The topological polar surface area (TPSA) is 21.3 Å². The third kappa shape index (κ3) is 4.08. The summed E-state index contributed by atoms with van der Waals surface area (Å²) in [4.78, 5) is 0. The second kappa shape index (κ2) is 6.73. The molecule has 2 nitrogen and oxygen atoms in total. The molecule has 0 saturated carbocycles. The highest BCUT2D eigenvalue weighted by Crippen LogP contribution is 2.28. The number of halogens is 1. The van der Waals surface area contributed by atoms with Crippen LogP contribution in [0.5, 0.6) is 11.5 Å². The van der Waals surface area contributed by atoms with Gasteiger partial charge in [-0.05, 0) is 48.9 Å². The van der Waals surface area contributed by atoms with Crippen LogP contribution in [0.15, 0.2) is 46.9 Å². The molecule has 0 spiro atoms. The third-order valence-electron chi connectivity index (χ3n) is 2.88. The van der Waals surface area contributed by atoms with Gasteiger partial charge in [0.1, 0.15) is 11.5 Å². The van der Waals surface area contributed by atoms with Crippen molar-refractivity contribution in [1.29, 1.82) is 0 Å². The van der Waals surface area contributed by atoms with Crippen molar-refractivity contribution in [3.8, 4) is 11.5 Å². The Balaban J connectivity index is 2.08. The molecule has 0 saturated heterocycles. The Labute approximate surface area is 122 Å². The predicted molar refractivity (Wildman–Crippen MR) is 82.8 cm³/mol. The van der Waals surface area contributed by atoms with Crippen molar-refractivity contribution in [2.45, 2.75) is 20.4 Å². The van der Waals surface area contributed by atoms with E-state index >= 15 is 0 Å². The molecule has 0 unspecified atom stereocenters. The fourth-order valence-electron chi connectivity index (χ4n) is 1.76. The van der Waals surface area contributed by atoms with E-state index in [0.717, 1.165) is 34.6 Å². The molecule has 1 N–H and O–H groups in total. The number of rotatable bonds is 5. The Bertz CT molecular complexity index is 537. The molecule has 0 aromatic heterocycles. The van der Waals surface area contributed by atoms with Crippen LogP contribution in [0, 0.1) is 6.92 Å². The molecule has 0 heterocycles. The van der Waals surface area contributed by atoms with E-state index in [1.807, 2.05) is 37.3 Å². The van der Waals surface area contributed by atoms with E-state index in [-0.39, 0.29) is 0 Å². The van der Waals surface area contributed by atoms with Gasteiger partial charge in [-0.15, -0.1) is 0 Å². The molecule has 0 aliphatic rings. The van der Waals surface area contributed by atoms with E-state index in [0.29, 0.717) is 0 Å². The summed E-state index contributed by atoms with van der Waals surface area (Å²) >= 11 is 3.46. The van der Waals surface area contributed by atoms with Crippen molar-refractivity contribution >= 4 is 15.9 Å². The Kier molecular flexibility index (Phi) is 5.00. The largest absolute Gasteiger partial charge is 0.457 e. The Morgan fingerprint density at radius 1 is 1.11 bits per heavy atom. The van der Waals surface area contributed by atoms with Crippen LogP contribution in [-0.4, -0.2) is 6.54 Å². The Hall–Kier alpha value is -1.32. The predicted octanol–water partition coefficient (Wildman–Crippen LogP) is 4.66. The first-order chi connectivity index (χ1) is 9.19. The smallest absolute Gasteiger partial charge is 0.131 e. The zero-order valence-corrected chi connectivity index (χ0v) is 12.8. The lowest BCUT2D eigenvalue weighted by atomic mass is 10.2. The van der Waals surface area contributed by atoms with Crippen LogP contribution in [0.3, 0.4) is 0 Å². The van der Waals surface area contributed by atoms with E-state index in [4.69, 9.17) is 4.74 Å². The molecule has 19 heavy (non-hydrogen) atoms. The summed E-state index contributed by atoms with van der Waals surface area (Å²) in [5.74, 6) is 1.75. The fourth-order valence-corrected chi connectivity index (χ4v) is 2.10. The molecule has 0 amide bonds. The molecule has 0 bridgehead atoms. The van der Waals surface area contributed by atoms with Gasteiger partial charge in [0.05, 0.1) is 0 Å². The highest BCUT2D eigenvalue weighted by atomic mass is 79.9. The van der Waals surface area contributed by atoms with E-state index in [2.05, 4.69) is 40.3 Å². The number of hydrogen-bond acceptors (Lipinski definition) is 2. The molecule has 2 aromatic rings. The standard InChI is InChI=1S/C16H18BrNO/c1-3-18-11-13-5-8-15(9-6-13)19-16-10-14(17)7-4-12(16)2/h4-10,18H,3,11H2,1-2H3. The van der Waals surface area contributed by atoms with Crippen molar-refractivity contribution in [1.82, 2.24) is 5.32 Å². The van der Waals surface area contributed by atoms with Gasteiger partial charge in [-0.3, -0.25) is 0 Å². The molecule has 100 valence electrons. The molecular weight excluding hydrogens is 302 g/mol. The molecule has 0 atom stereocenters. The molecule has 0 fully saturated rings. The monoisotopic (exact) mass is 319 g/mol. The summed E-state index contributed by atoms with van der Waals surface area (Å²) in [6.45, 7) is 6.02. The van der Waals surface area contributed by atoms with Gasteiger partial charge in [-0.25, -0.2) is 0 Å². The van der Waals surface area contributed by atoms with Gasteiger partial charge < -0.3 is 10.1 Å². The second-order valence-corrected chi connectivity index (χ2v) is 5.35. The van der Waals surface area contributed by atoms with Gasteiger partial charge >= 0.3 is 0 Å². The molecule has 2 rings (SSSR count). The highest BCUT2D eigenvalue weighted by Gasteiger charge is 2.02. The van der Waals surface area contributed by atoms with Gasteiger partial charge in [-0.2, -0.15) is 0 Å². The van der Waals surface area contributed by atoms with Crippen molar-refractivity contribution in [2.24, 2.45) is 0 Å². The third-order valence-corrected chi connectivity index (χ3v) is 3.37. The maximum atomic E-state index is 5.90. The molecule has 2 aromatic carbocycles. The zero-order chi connectivity index (χ0) is 13.7. The van der Waals surface area contributed by atoms with Crippen LogP contribution in [-0.2, 0) is 6.54 Å². The van der Waals surface area contributed by atoms with Crippen molar-refractivity contribution in [3.63, 3.8) is 0 Å². The number of hydrogen-bond donors (Lipinski definition) is 1. The average Bonchev–Trinajstić information content (AvgIpc) is 2.42. The Morgan fingerprint density at radius 3 is 2.53 bits per heavy atom. The summed E-state index contributed by atoms with van der Waals surface area (Å²) in [5.41, 5.74) is 2.39. The van der Waals surface area contributed by atoms with Crippen LogP contribution in [0.25, 0.3) is 0 Å². The number of ether oxygens (including phenoxy) is 1. The fraction of sp³-hybridized carbons (Fsp3) is 0.250. The number of benzene rings is 2. The van der Waals surface area contributed by atoms with Gasteiger partial charge in [-0.1, -0.05) is 41.1 Å². The molecule has 0 aliphatic heterocycles. The van der Waals surface area contributed by atoms with E-state index in [9.17, 15) is 0 Å². The highest BCUT2D eigenvalue weighted by molar-refractivity contribution is 9.10. The van der Waals surface area contributed by atoms with Crippen molar-refractivity contribution in [2.75, 3.05) is 6.54 Å². The zero-order valence-electron chi connectivity index (χ0n) is 11.2. The van der Waals surface area contributed by atoms with Crippen LogP contribution in [0.4, 0.5) is 0 Å². The summed E-state index contributed by atoms with van der Waals surface area (Å²) in [5, 5.41) is 3.30. The van der Waals surface area contributed by atoms with E-state index in [1.54, 1.807) is 0 Å². The first-order valence-corrected chi connectivity index (χ1v) is 7.22. The first kappa shape index (κ1) is 14.1. The lowest BCUT2D eigenvalue weighted by Gasteiger charge is -2.10. The van der Waals surface area contributed by atoms with Gasteiger partial charge in [0, 0.05) is 11.0 Å². The molecular formula is C16H18BrNO. The summed E-state index contributed by atoms with van der Waals surface area (Å²) in [6, 6.07) is 14.2. The minimum absolute atomic E-state index is 0.862. The van der Waals surface area contributed by atoms with Crippen LogP contribution in [0.1, 0.15) is 18.1 Å². The van der Waals surface area contributed by atoms with Crippen LogP contribution in [0.2, 0.25) is 0 Å². The lowest BCUT2D eigenvalue weighted by molar-refractivity contribution is 0.478. The molecule has 0 radical (unpaired) electrons. The lowest BCUT2D eigenvalue weighted by Crippen LogP contribution is -2.11. The van der Waals surface area contributed by atoms with Crippen molar-refractivity contribution in [3.05, 3.63) is 58.1 Å². The van der Waals surface area contributed by atoms with Crippen LogP contribution < -0.4 is 10.1 Å². The van der Waals surface area contributed by atoms with Crippen LogP contribution >= 0.6 is 15.9 Å². The summed E-state index contributed by atoms with van der Waals surface area (Å²) in [6.07, 6.45) is 0. The van der Waals surface area contributed by atoms with Gasteiger partial charge in [0.25, 0.3) is 0 Å². The quantitative estimate of drug-likeness (QED) is 0.865. The average molecular weight is 320 g/mol. The first-order valence-electron chi connectivity index (χ1n) is 6.42. The second-order valence-electron chi connectivity index (χ2n) is 4.44. The minimum Gasteiger partial charge on any atom is -0.457 e. The normalized spacial score (nSPS) is 10.5. The van der Waals surface area contributed by atoms with Crippen molar-refractivity contribution < 1.29 is 4.74 Å². The Morgan fingerprint density at radius 2 is 1.84 bits per heavy atom. The van der Waals surface area contributed by atoms with Gasteiger partial charge in [0.15, 0.2) is 0 Å². The molecule has 3 heteroatoms. The van der Waals surface area contributed by atoms with Gasteiger partial charge in [0.2, 0.25) is 0 Å². The molecule has 0 aliphatic carbocycles. The summed E-state index contributed by atoms with van der Waals surface area (Å²) in [7, 11) is 0.